The number of rotatable bonds is 4. The number of hydrogen-bond acceptors (Lipinski definition) is 5. The minimum atomic E-state index is -0.118. The number of carbonyl (C=O) groups excluding carboxylic acids is 1. The Balaban J connectivity index is 0.00000160. The SMILES string of the molecule is CN(C)C[C@@H]1OCCN(C(=O)c2cn3c(n2)CCNCC3)[C@H]1c1ccccc1.Cl.Cl. The highest BCUT2D eigenvalue weighted by molar-refractivity contribution is 5.92. The molecular weight excluding hydrogens is 425 g/mol. The van der Waals surface area contributed by atoms with E-state index in [0.29, 0.717) is 18.8 Å². The fraction of sp³-hybridized carbons (Fsp3) is 0.524. The first-order valence-electron chi connectivity index (χ1n) is 10.0. The van der Waals surface area contributed by atoms with Gasteiger partial charge < -0.3 is 24.4 Å². The summed E-state index contributed by atoms with van der Waals surface area (Å²) in [5.41, 5.74) is 1.65. The van der Waals surface area contributed by atoms with Crippen molar-refractivity contribution >= 4 is 30.7 Å². The number of nitrogens with zero attached hydrogens (tertiary/aromatic N) is 4. The first-order valence-corrected chi connectivity index (χ1v) is 10.0. The molecule has 3 heterocycles. The average Bonchev–Trinajstić information content (AvgIpc) is 2.98. The highest BCUT2D eigenvalue weighted by Crippen LogP contribution is 2.31. The normalized spacial score (nSPS) is 21.2. The van der Waals surface area contributed by atoms with E-state index in [-0.39, 0.29) is 42.9 Å². The summed E-state index contributed by atoms with van der Waals surface area (Å²) in [6, 6.07) is 10.1. The molecule has 1 N–H and O–H groups in total. The second-order valence-electron chi connectivity index (χ2n) is 7.76. The van der Waals surface area contributed by atoms with Gasteiger partial charge in [-0.2, -0.15) is 0 Å². The van der Waals surface area contributed by atoms with Gasteiger partial charge in [-0.05, 0) is 19.7 Å². The molecule has 166 valence electrons. The van der Waals surface area contributed by atoms with Gasteiger partial charge in [0.1, 0.15) is 11.5 Å². The Morgan fingerprint density at radius 2 is 1.97 bits per heavy atom. The lowest BCUT2D eigenvalue weighted by Gasteiger charge is -2.42. The molecule has 9 heteroatoms. The lowest BCUT2D eigenvalue weighted by Crippen LogP contribution is -2.51. The number of likely N-dealkylation sites (N-methyl/N-ethyl adjacent to an activating group) is 1. The molecule has 1 aromatic heterocycles. The van der Waals surface area contributed by atoms with Gasteiger partial charge in [0, 0.05) is 45.3 Å². The number of morpholine rings is 1. The topological polar surface area (TPSA) is 62.6 Å². The molecule has 1 amide bonds. The molecule has 2 aliphatic heterocycles. The van der Waals surface area contributed by atoms with E-state index in [1.54, 1.807) is 0 Å². The minimum Gasteiger partial charge on any atom is -0.373 e. The standard InChI is InChI=1S/C21H29N5O2.2ClH/c1-24(2)15-18-20(16-6-4-3-5-7-16)26(12-13-28-18)21(27)17-14-25-11-10-22-9-8-19(25)23-17;;/h3-7,14,18,20,22H,8-13,15H2,1-2H3;2*1H/t18-,20-;;/m0../s1. The van der Waals surface area contributed by atoms with Crippen LogP contribution in [0.25, 0.3) is 0 Å². The molecule has 0 spiro atoms. The lowest BCUT2D eigenvalue weighted by atomic mass is 9.97. The smallest absolute Gasteiger partial charge is 0.274 e. The van der Waals surface area contributed by atoms with Crippen molar-refractivity contribution in [3.63, 3.8) is 0 Å². The molecule has 2 aromatic rings. The molecule has 2 atom stereocenters. The number of aromatic nitrogens is 2. The molecule has 0 radical (unpaired) electrons. The van der Waals surface area contributed by atoms with E-state index in [4.69, 9.17) is 4.74 Å². The molecule has 1 aromatic carbocycles. The third kappa shape index (κ3) is 5.34. The molecule has 4 rings (SSSR count). The van der Waals surface area contributed by atoms with Crippen LogP contribution in [0.15, 0.2) is 36.5 Å². The summed E-state index contributed by atoms with van der Waals surface area (Å²) < 4.78 is 8.21. The van der Waals surface area contributed by atoms with Crippen LogP contribution < -0.4 is 5.32 Å². The summed E-state index contributed by atoms with van der Waals surface area (Å²) in [6.07, 6.45) is 2.70. The monoisotopic (exact) mass is 455 g/mol. The quantitative estimate of drug-likeness (QED) is 0.763. The number of benzene rings is 1. The number of ether oxygens (including phenoxy) is 1. The van der Waals surface area contributed by atoms with Crippen molar-refractivity contribution in [2.45, 2.75) is 25.1 Å². The van der Waals surface area contributed by atoms with Crippen molar-refractivity contribution in [3.8, 4) is 0 Å². The molecule has 1 saturated heterocycles. The van der Waals surface area contributed by atoms with Gasteiger partial charge in [0.05, 0.1) is 18.8 Å². The van der Waals surface area contributed by atoms with Gasteiger partial charge in [0.2, 0.25) is 0 Å². The maximum atomic E-state index is 13.5. The van der Waals surface area contributed by atoms with Crippen LogP contribution in [0.3, 0.4) is 0 Å². The van der Waals surface area contributed by atoms with E-state index in [1.165, 1.54) is 0 Å². The molecule has 0 bridgehead atoms. The van der Waals surface area contributed by atoms with Crippen LogP contribution in [-0.4, -0.2) is 78.2 Å². The van der Waals surface area contributed by atoms with Crippen molar-refractivity contribution in [1.82, 2.24) is 24.7 Å². The van der Waals surface area contributed by atoms with E-state index in [2.05, 4.69) is 31.9 Å². The van der Waals surface area contributed by atoms with Gasteiger partial charge in [0.15, 0.2) is 0 Å². The van der Waals surface area contributed by atoms with Crippen LogP contribution in [0.1, 0.15) is 27.9 Å². The van der Waals surface area contributed by atoms with Gasteiger partial charge in [-0.15, -0.1) is 24.8 Å². The van der Waals surface area contributed by atoms with Crippen LogP contribution in [0, 0.1) is 0 Å². The fourth-order valence-electron chi connectivity index (χ4n) is 4.14. The average molecular weight is 456 g/mol. The van der Waals surface area contributed by atoms with Crippen molar-refractivity contribution < 1.29 is 9.53 Å². The van der Waals surface area contributed by atoms with Crippen LogP contribution in [0.2, 0.25) is 0 Å². The summed E-state index contributed by atoms with van der Waals surface area (Å²) in [5.74, 6) is 0.983. The Morgan fingerprint density at radius 3 is 2.70 bits per heavy atom. The molecule has 7 nitrogen and oxygen atoms in total. The molecule has 2 aliphatic rings. The van der Waals surface area contributed by atoms with Gasteiger partial charge >= 0.3 is 0 Å². The van der Waals surface area contributed by atoms with Crippen molar-refractivity contribution in [3.05, 3.63) is 53.6 Å². The summed E-state index contributed by atoms with van der Waals surface area (Å²) >= 11 is 0. The number of imidazole rings is 1. The van der Waals surface area contributed by atoms with E-state index in [9.17, 15) is 4.79 Å². The number of nitrogens with one attached hydrogen (secondary N) is 1. The van der Waals surface area contributed by atoms with Gasteiger partial charge in [0.25, 0.3) is 5.91 Å². The van der Waals surface area contributed by atoms with Crippen molar-refractivity contribution in [2.24, 2.45) is 0 Å². The largest absolute Gasteiger partial charge is 0.373 e. The third-order valence-corrected chi connectivity index (χ3v) is 5.43. The van der Waals surface area contributed by atoms with Crippen molar-refractivity contribution in [1.29, 1.82) is 0 Å². The van der Waals surface area contributed by atoms with Gasteiger partial charge in [-0.25, -0.2) is 4.98 Å². The number of fused-ring (bicyclic) bond motifs is 1. The Kier molecular flexibility index (Phi) is 9.12. The van der Waals surface area contributed by atoms with Crippen molar-refractivity contribution in [2.75, 3.05) is 46.9 Å². The van der Waals surface area contributed by atoms with Crippen LogP contribution in [-0.2, 0) is 17.7 Å². The van der Waals surface area contributed by atoms with Crippen LogP contribution in [0.4, 0.5) is 0 Å². The molecular formula is C21H31Cl2N5O2. The summed E-state index contributed by atoms with van der Waals surface area (Å²) in [6.45, 7) is 4.54. The van der Waals surface area contributed by atoms with Crippen LogP contribution >= 0.6 is 24.8 Å². The zero-order valence-corrected chi connectivity index (χ0v) is 19.1. The van der Waals surface area contributed by atoms with Crippen LogP contribution in [0.5, 0.6) is 0 Å². The second kappa shape index (κ2) is 11.1. The Morgan fingerprint density at radius 1 is 1.20 bits per heavy atom. The highest BCUT2D eigenvalue weighted by Gasteiger charge is 2.37. The van der Waals surface area contributed by atoms with E-state index in [0.717, 1.165) is 44.0 Å². The summed E-state index contributed by atoms with van der Waals surface area (Å²) in [7, 11) is 4.07. The lowest BCUT2D eigenvalue weighted by molar-refractivity contribution is -0.0686. The van der Waals surface area contributed by atoms with Gasteiger partial charge in [-0.3, -0.25) is 4.79 Å². The third-order valence-electron chi connectivity index (χ3n) is 5.43. The zero-order valence-electron chi connectivity index (χ0n) is 17.5. The molecule has 0 aliphatic carbocycles. The maximum Gasteiger partial charge on any atom is 0.274 e. The Hall–Kier alpha value is -1.64. The second-order valence-corrected chi connectivity index (χ2v) is 7.76. The number of hydrogen-bond donors (Lipinski definition) is 1. The maximum absolute atomic E-state index is 13.5. The molecule has 0 saturated carbocycles. The zero-order chi connectivity index (χ0) is 19.5. The molecule has 0 unspecified atom stereocenters. The number of amides is 1. The summed E-state index contributed by atoms with van der Waals surface area (Å²) in [4.78, 5) is 22.2. The minimum absolute atomic E-state index is 0. The predicted octanol–water partition coefficient (Wildman–Crippen LogP) is 2.02. The Labute approximate surface area is 190 Å². The van der Waals surface area contributed by atoms with E-state index >= 15 is 0 Å². The molecule has 1 fully saturated rings. The predicted molar refractivity (Wildman–Crippen MR) is 122 cm³/mol. The number of carbonyl (C=O) groups is 1. The summed E-state index contributed by atoms with van der Waals surface area (Å²) in [5, 5.41) is 3.37. The number of halogens is 2. The van der Waals surface area contributed by atoms with Gasteiger partial charge in [-0.1, -0.05) is 30.3 Å². The first kappa shape index (κ1) is 24.6. The van der Waals surface area contributed by atoms with E-state index < -0.39 is 0 Å². The molecule has 30 heavy (non-hydrogen) atoms. The highest BCUT2D eigenvalue weighted by atomic mass is 35.5. The Bertz CT molecular complexity index is 791. The fourth-order valence-corrected chi connectivity index (χ4v) is 4.14. The first-order chi connectivity index (χ1) is 13.6. The van der Waals surface area contributed by atoms with E-state index in [1.807, 2.05) is 43.4 Å².